The molecule has 1 aliphatic rings. The highest BCUT2D eigenvalue weighted by Crippen LogP contribution is 2.23. The maximum atomic E-state index is 13.8. The molecule has 5 heteroatoms. The second kappa shape index (κ2) is 5.84. The smallest absolute Gasteiger partial charge is 0.241 e. The van der Waals surface area contributed by atoms with Gasteiger partial charge in [-0.05, 0) is 29.7 Å². The largest absolute Gasteiger partial charge is 0.322 e. The van der Waals surface area contributed by atoms with Crippen LogP contribution in [0.1, 0.15) is 11.1 Å². The number of carbonyl (C=O) groups is 1. The molecule has 0 spiro atoms. The molecular formula is C16H14ClFN2O. The molecule has 1 atom stereocenters. The third kappa shape index (κ3) is 2.91. The first-order chi connectivity index (χ1) is 10.1. The summed E-state index contributed by atoms with van der Waals surface area (Å²) < 4.78 is 13.8. The van der Waals surface area contributed by atoms with Crippen LogP contribution in [0.5, 0.6) is 0 Å². The van der Waals surface area contributed by atoms with Gasteiger partial charge in [-0.2, -0.15) is 0 Å². The van der Waals surface area contributed by atoms with Gasteiger partial charge in [0.2, 0.25) is 5.91 Å². The van der Waals surface area contributed by atoms with Crippen LogP contribution in [0.25, 0.3) is 0 Å². The lowest BCUT2D eigenvalue weighted by atomic mass is 9.95. The van der Waals surface area contributed by atoms with Gasteiger partial charge >= 0.3 is 0 Å². The zero-order valence-electron chi connectivity index (χ0n) is 11.2. The second-order valence-corrected chi connectivity index (χ2v) is 5.40. The zero-order valence-corrected chi connectivity index (χ0v) is 12.0. The Balaban J connectivity index is 1.74. The van der Waals surface area contributed by atoms with Crippen molar-refractivity contribution in [1.29, 1.82) is 0 Å². The Morgan fingerprint density at radius 3 is 2.76 bits per heavy atom. The van der Waals surface area contributed by atoms with Crippen molar-refractivity contribution in [2.24, 2.45) is 0 Å². The van der Waals surface area contributed by atoms with Crippen molar-refractivity contribution in [2.75, 3.05) is 5.32 Å². The third-order valence-corrected chi connectivity index (χ3v) is 3.90. The van der Waals surface area contributed by atoms with Gasteiger partial charge in [-0.1, -0.05) is 41.9 Å². The lowest BCUT2D eigenvalue weighted by Gasteiger charge is -2.25. The Morgan fingerprint density at radius 1 is 1.19 bits per heavy atom. The minimum atomic E-state index is -0.608. The molecule has 0 aromatic heterocycles. The van der Waals surface area contributed by atoms with Gasteiger partial charge in [-0.3, -0.25) is 4.79 Å². The van der Waals surface area contributed by atoms with Gasteiger partial charge in [0.1, 0.15) is 0 Å². The van der Waals surface area contributed by atoms with Crippen molar-refractivity contribution in [3.8, 4) is 0 Å². The molecule has 0 saturated heterocycles. The number of anilines is 1. The molecule has 1 aliphatic heterocycles. The summed E-state index contributed by atoms with van der Waals surface area (Å²) in [6, 6.07) is 12.1. The van der Waals surface area contributed by atoms with E-state index in [4.69, 9.17) is 11.6 Å². The first-order valence-electron chi connectivity index (χ1n) is 6.70. The van der Waals surface area contributed by atoms with Crippen LogP contribution in [-0.4, -0.2) is 11.9 Å². The highest BCUT2D eigenvalue weighted by Gasteiger charge is 2.24. The summed E-state index contributed by atoms with van der Waals surface area (Å²) in [5, 5.41) is 5.75. The van der Waals surface area contributed by atoms with Gasteiger partial charge < -0.3 is 10.6 Å². The lowest BCUT2D eigenvalue weighted by Crippen LogP contribution is -2.44. The van der Waals surface area contributed by atoms with Gasteiger partial charge in [0, 0.05) is 6.54 Å². The Kier molecular flexibility index (Phi) is 3.90. The van der Waals surface area contributed by atoms with E-state index in [1.54, 1.807) is 6.07 Å². The molecule has 0 radical (unpaired) electrons. The van der Waals surface area contributed by atoms with Crippen LogP contribution in [0.15, 0.2) is 42.5 Å². The van der Waals surface area contributed by atoms with Crippen LogP contribution in [0, 0.1) is 5.82 Å². The fourth-order valence-electron chi connectivity index (χ4n) is 2.46. The van der Waals surface area contributed by atoms with Crippen LogP contribution < -0.4 is 10.6 Å². The molecule has 0 saturated carbocycles. The van der Waals surface area contributed by atoms with E-state index in [-0.39, 0.29) is 22.7 Å². The van der Waals surface area contributed by atoms with Crippen molar-refractivity contribution in [3.05, 3.63) is 64.4 Å². The lowest BCUT2D eigenvalue weighted by molar-refractivity contribution is -0.118. The van der Waals surface area contributed by atoms with E-state index >= 15 is 0 Å². The van der Waals surface area contributed by atoms with Crippen molar-refractivity contribution in [1.82, 2.24) is 5.32 Å². The summed E-state index contributed by atoms with van der Waals surface area (Å²) in [5.41, 5.74) is 2.44. The van der Waals surface area contributed by atoms with Gasteiger partial charge in [-0.15, -0.1) is 0 Å². The standard InChI is InChI=1S/C16H14ClFN2O/c17-12-6-3-7-13(15(12)18)20-16(21)14-8-10-4-1-2-5-11(10)9-19-14/h1-7,14,19H,8-9H2,(H,20,21)/t14-/m1/s1. The number of hydrogen-bond donors (Lipinski definition) is 2. The van der Waals surface area contributed by atoms with Crippen LogP contribution in [0.3, 0.4) is 0 Å². The topological polar surface area (TPSA) is 41.1 Å². The number of carbonyl (C=O) groups excluding carboxylic acids is 1. The monoisotopic (exact) mass is 304 g/mol. The molecule has 1 heterocycles. The average molecular weight is 305 g/mol. The summed E-state index contributed by atoms with van der Waals surface area (Å²) in [7, 11) is 0. The Morgan fingerprint density at radius 2 is 1.95 bits per heavy atom. The first kappa shape index (κ1) is 14.0. The zero-order chi connectivity index (χ0) is 14.8. The van der Waals surface area contributed by atoms with Crippen molar-refractivity contribution in [2.45, 2.75) is 19.0 Å². The highest BCUT2D eigenvalue weighted by molar-refractivity contribution is 6.31. The molecule has 21 heavy (non-hydrogen) atoms. The maximum Gasteiger partial charge on any atom is 0.241 e. The summed E-state index contributed by atoms with van der Waals surface area (Å²) in [4.78, 5) is 12.3. The first-order valence-corrected chi connectivity index (χ1v) is 7.08. The Labute approximate surface area is 127 Å². The van der Waals surface area contributed by atoms with E-state index in [2.05, 4.69) is 10.6 Å². The fourth-order valence-corrected chi connectivity index (χ4v) is 2.63. The molecule has 1 amide bonds. The molecule has 0 unspecified atom stereocenters. The predicted molar refractivity (Wildman–Crippen MR) is 80.8 cm³/mol. The summed E-state index contributed by atoms with van der Waals surface area (Å²) >= 11 is 5.71. The second-order valence-electron chi connectivity index (χ2n) is 5.00. The molecule has 0 aliphatic carbocycles. The fraction of sp³-hybridized carbons (Fsp3) is 0.188. The number of hydrogen-bond acceptors (Lipinski definition) is 2. The van der Waals surface area contributed by atoms with Crippen LogP contribution in [0.2, 0.25) is 5.02 Å². The highest BCUT2D eigenvalue weighted by atomic mass is 35.5. The predicted octanol–water partition coefficient (Wildman–Crippen LogP) is 3.13. The van der Waals surface area contributed by atoms with Gasteiger partial charge in [0.05, 0.1) is 16.8 Å². The van der Waals surface area contributed by atoms with E-state index in [1.165, 1.54) is 17.7 Å². The van der Waals surface area contributed by atoms with E-state index in [1.807, 2.05) is 24.3 Å². The van der Waals surface area contributed by atoms with Crippen LogP contribution >= 0.6 is 11.6 Å². The Hall–Kier alpha value is -1.91. The van der Waals surface area contributed by atoms with Crippen molar-refractivity contribution >= 4 is 23.2 Å². The van der Waals surface area contributed by atoms with Gasteiger partial charge in [-0.25, -0.2) is 4.39 Å². The molecule has 0 bridgehead atoms. The minimum Gasteiger partial charge on any atom is -0.322 e. The molecule has 108 valence electrons. The number of amides is 1. The normalized spacial score (nSPS) is 17.1. The maximum absolute atomic E-state index is 13.8. The molecular weight excluding hydrogens is 291 g/mol. The van der Waals surface area contributed by atoms with E-state index in [0.717, 1.165) is 5.56 Å². The number of nitrogens with one attached hydrogen (secondary N) is 2. The quantitative estimate of drug-likeness (QED) is 0.895. The SMILES string of the molecule is O=C(Nc1cccc(Cl)c1F)[C@H]1Cc2ccccc2CN1. The molecule has 3 nitrogen and oxygen atoms in total. The van der Waals surface area contributed by atoms with Crippen LogP contribution in [0.4, 0.5) is 10.1 Å². The van der Waals surface area contributed by atoms with Gasteiger partial charge in [0.25, 0.3) is 0 Å². The Bertz CT molecular complexity index is 690. The average Bonchev–Trinajstić information content (AvgIpc) is 2.51. The van der Waals surface area contributed by atoms with Crippen LogP contribution in [-0.2, 0) is 17.8 Å². The summed E-state index contributed by atoms with van der Waals surface area (Å²) in [5.74, 6) is -0.866. The van der Waals surface area contributed by atoms with Crippen molar-refractivity contribution < 1.29 is 9.18 Å². The number of rotatable bonds is 2. The summed E-state index contributed by atoms with van der Waals surface area (Å²) in [6.45, 7) is 0.631. The number of fused-ring (bicyclic) bond motifs is 1. The minimum absolute atomic E-state index is 0.00486. The molecule has 2 aromatic rings. The molecule has 2 N–H and O–H groups in total. The number of benzene rings is 2. The van der Waals surface area contributed by atoms with Crippen molar-refractivity contribution in [3.63, 3.8) is 0 Å². The summed E-state index contributed by atoms with van der Waals surface area (Å²) in [6.07, 6.45) is 0.587. The third-order valence-electron chi connectivity index (χ3n) is 3.61. The molecule has 0 fully saturated rings. The molecule has 3 rings (SSSR count). The number of halogens is 2. The van der Waals surface area contributed by atoms with Gasteiger partial charge in [0.15, 0.2) is 5.82 Å². The molecule has 2 aromatic carbocycles. The van der Waals surface area contributed by atoms with E-state index < -0.39 is 5.82 Å². The van der Waals surface area contributed by atoms with E-state index in [9.17, 15) is 9.18 Å². The van der Waals surface area contributed by atoms with E-state index in [0.29, 0.717) is 13.0 Å².